The van der Waals surface area contributed by atoms with Gasteiger partial charge in [0.05, 0.1) is 0 Å². The first-order valence-corrected chi connectivity index (χ1v) is 9.90. The van der Waals surface area contributed by atoms with Crippen LogP contribution in [0.4, 0.5) is 5.13 Å². The number of fused-ring (bicyclic) bond motifs is 1. The van der Waals surface area contributed by atoms with Gasteiger partial charge in [0.1, 0.15) is 0 Å². The van der Waals surface area contributed by atoms with E-state index >= 15 is 0 Å². The van der Waals surface area contributed by atoms with Crippen LogP contribution in [0, 0.1) is 0 Å². The smallest absolute Gasteiger partial charge is 0.270 e. The molecule has 9 heteroatoms. The number of aromatic nitrogens is 2. The average molecular weight is 366 g/mol. The Hall–Kier alpha value is -1.84. The highest BCUT2D eigenvalue weighted by Gasteiger charge is 2.24. The molecule has 24 heavy (non-hydrogen) atoms. The molecule has 1 aromatic carbocycles. The molecule has 3 rings (SSSR count). The summed E-state index contributed by atoms with van der Waals surface area (Å²) in [6.45, 7) is 3.12. The number of carbonyl (C=O) groups is 1. The number of anilines is 1. The maximum absolute atomic E-state index is 12.4. The molecule has 1 atom stereocenters. The maximum atomic E-state index is 12.4. The van der Waals surface area contributed by atoms with Crippen molar-refractivity contribution in [2.75, 3.05) is 5.32 Å². The molecular formula is C15H18N4O3S2. The lowest BCUT2D eigenvalue weighted by molar-refractivity contribution is -0.114. The van der Waals surface area contributed by atoms with Crippen LogP contribution < -0.4 is 10.0 Å². The van der Waals surface area contributed by atoms with E-state index < -0.39 is 10.0 Å². The van der Waals surface area contributed by atoms with Gasteiger partial charge in [0.15, 0.2) is 0 Å². The Morgan fingerprint density at radius 3 is 2.75 bits per heavy atom. The van der Waals surface area contributed by atoms with Crippen molar-refractivity contribution in [3.63, 3.8) is 0 Å². The standard InChI is InChI=1S/C15H18N4O3S2/c1-9(12-7-6-11-4-3-5-13(11)8-12)19-24(21,22)15-18-17-14(23-15)16-10(2)20/h6-9,19H,3-5H2,1-2H3,(H,16,17,20)/t9-/m1/s1. The van der Waals surface area contributed by atoms with Gasteiger partial charge in [-0.2, -0.15) is 0 Å². The van der Waals surface area contributed by atoms with Crippen molar-refractivity contribution in [1.82, 2.24) is 14.9 Å². The zero-order valence-electron chi connectivity index (χ0n) is 13.4. The predicted molar refractivity (Wildman–Crippen MR) is 91.4 cm³/mol. The first-order chi connectivity index (χ1) is 11.3. The quantitative estimate of drug-likeness (QED) is 0.789. The summed E-state index contributed by atoms with van der Waals surface area (Å²) in [7, 11) is -3.79. The average Bonchev–Trinajstić information content (AvgIpc) is 3.14. The van der Waals surface area contributed by atoms with Crippen molar-refractivity contribution < 1.29 is 13.2 Å². The van der Waals surface area contributed by atoms with E-state index in [4.69, 9.17) is 0 Å². The van der Waals surface area contributed by atoms with E-state index in [0.717, 1.165) is 36.2 Å². The molecule has 0 spiro atoms. The van der Waals surface area contributed by atoms with Crippen molar-refractivity contribution in [3.05, 3.63) is 34.9 Å². The molecule has 0 radical (unpaired) electrons. The van der Waals surface area contributed by atoms with Gasteiger partial charge < -0.3 is 5.32 Å². The molecule has 2 aromatic rings. The summed E-state index contributed by atoms with van der Waals surface area (Å²) in [5.41, 5.74) is 3.56. The summed E-state index contributed by atoms with van der Waals surface area (Å²) >= 11 is 0.821. The van der Waals surface area contributed by atoms with E-state index in [1.807, 2.05) is 6.07 Å². The molecule has 0 aliphatic heterocycles. The molecule has 128 valence electrons. The normalized spacial score (nSPS) is 15.1. The Kier molecular flexibility index (Phi) is 4.66. The first kappa shape index (κ1) is 17.0. The zero-order valence-corrected chi connectivity index (χ0v) is 15.0. The highest BCUT2D eigenvalue weighted by Crippen LogP contribution is 2.27. The fourth-order valence-corrected chi connectivity index (χ4v) is 4.93. The van der Waals surface area contributed by atoms with Crippen molar-refractivity contribution in [3.8, 4) is 0 Å². The summed E-state index contributed by atoms with van der Waals surface area (Å²) < 4.78 is 27.3. The Bertz CT molecular complexity index is 877. The van der Waals surface area contributed by atoms with E-state index in [2.05, 4.69) is 32.4 Å². The number of hydrogen-bond acceptors (Lipinski definition) is 6. The van der Waals surface area contributed by atoms with Gasteiger partial charge in [-0.25, -0.2) is 13.1 Å². The number of nitrogens with zero attached hydrogens (tertiary/aromatic N) is 2. The van der Waals surface area contributed by atoms with Crippen LogP contribution in [-0.2, 0) is 27.7 Å². The van der Waals surface area contributed by atoms with Crippen LogP contribution in [0.1, 0.15) is 43.0 Å². The predicted octanol–water partition coefficient (Wildman–Crippen LogP) is 2.02. The Morgan fingerprint density at radius 1 is 1.25 bits per heavy atom. The zero-order chi connectivity index (χ0) is 17.3. The van der Waals surface area contributed by atoms with Crippen molar-refractivity contribution >= 4 is 32.4 Å². The molecule has 7 nitrogen and oxygen atoms in total. The molecule has 0 saturated carbocycles. The highest BCUT2D eigenvalue weighted by atomic mass is 32.2. The molecule has 1 aliphatic carbocycles. The van der Waals surface area contributed by atoms with Gasteiger partial charge in [0, 0.05) is 13.0 Å². The van der Waals surface area contributed by atoms with Crippen LogP contribution in [0.15, 0.2) is 22.5 Å². The van der Waals surface area contributed by atoms with E-state index in [-0.39, 0.29) is 21.4 Å². The third-order valence-electron chi connectivity index (χ3n) is 3.87. The second-order valence-electron chi connectivity index (χ2n) is 5.78. The van der Waals surface area contributed by atoms with Gasteiger partial charge in [-0.1, -0.05) is 29.5 Å². The second kappa shape index (κ2) is 6.58. The minimum atomic E-state index is -3.79. The van der Waals surface area contributed by atoms with Gasteiger partial charge in [-0.3, -0.25) is 4.79 Å². The van der Waals surface area contributed by atoms with E-state index in [1.54, 1.807) is 6.92 Å². The molecular weight excluding hydrogens is 348 g/mol. The lowest BCUT2D eigenvalue weighted by Gasteiger charge is -2.14. The second-order valence-corrected chi connectivity index (χ2v) is 8.64. The van der Waals surface area contributed by atoms with Gasteiger partial charge in [-0.05, 0) is 42.9 Å². The maximum Gasteiger partial charge on any atom is 0.270 e. The largest absolute Gasteiger partial charge is 0.301 e. The number of rotatable bonds is 5. The van der Waals surface area contributed by atoms with Crippen LogP contribution in [0.3, 0.4) is 0 Å². The number of amides is 1. The van der Waals surface area contributed by atoms with Gasteiger partial charge in [0.25, 0.3) is 10.0 Å². The molecule has 1 amide bonds. The summed E-state index contributed by atoms with van der Waals surface area (Å²) in [6.07, 6.45) is 3.28. The van der Waals surface area contributed by atoms with Crippen LogP contribution >= 0.6 is 11.3 Å². The SMILES string of the molecule is CC(=O)Nc1nnc(S(=O)(=O)N[C@H](C)c2ccc3c(c2)CCC3)s1. The fourth-order valence-electron chi connectivity index (χ4n) is 2.73. The number of benzene rings is 1. The van der Waals surface area contributed by atoms with Crippen molar-refractivity contribution in [2.45, 2.75) is 43.5 Å². The Labute approximate surface area is 144 Å². The number of aryl methyl sites for hydroxylation is 2. The summed E-state index contributed by atoms with van der Waals surface area (Å²) in [6, 6.07) is 5.72. The molecule has 2 N–H and O–H groups in total. The first-order valence-electron chi connectivity index (χ1n) is 7.60. The minimum absolute atomic E-state index is 0.160. The van der Waals surface area contributed by atoms with Crippen LogP contribution in [0.25, 0.3) is 0 Å². The molecule has 1 heterocycles. The highest BCUT2D eigenvalue weighted by molar-refractivity contribution is 7.91. The molecule has 0 unspecified atom stereocenters. The number of hydrogen-bond donors (Lipinski definition) is 2. The van der Waals surface area contributed by atoms with Gasteiger partial charge in [0.2, 0.25) is 15.4 Å². The third kappa shape index (κ3) is 3.63. The monoisotopic (exact) mass is 366 g/mol. The molecule has 1 aliphatic rings. The molecule has 0 fully saturated rings. The summed E-state index contributed by atoms with van der Waals surface area (Å²) in [5, 5.41) is 9.90. The van der Waals surface area contributed by atoms with E-state index in [0.29, 0.717) is 0 Å². The molecule has 1 aromatic heterocycles. The lowest BCUT2D eigenvalue weighted by atomic mass is 10.0. The molecule has 0 saturated heterocycles. The Morgan fingerprint density at radius 2 is 2.00 bits per heavy atom. The van der Waals surface area contributed by atoms with Crippen molar-refractivity contribution in [1.29, 1.82) is 0 Å². The lowest BCUT2D eigenvalue weighted by Crippen LogP contribution is -2.27. The van der Waals surface area contributed by atoms with E-state index in [1.165, 1.54) is 18.1 Å². The van der Waals surface area contributed by atoms with Crippen molar-refractivity contribution in [2.24, 2.45) is 0 Å². The number of nitrogens with one attached hydrogen (secondary N) is 2. The van der Waals surface area contributed by atoms with Crippen LogP contribution in [-0.4, -0.2) is 24.5 Å². The van der Waals surface area contributed by atoms with Gasteiger partial charge in [-0.15, -0.1) is 10.2 Å². The van der Waals surface area contributed by atoms with Crippen LogP contribution in [0.2, 0.25) is 0 Å². The van der Waals surface area contributed by atoms with Gasteiger partial charge >= 0.3 is 0 Å². The summed E-state index contributed by atoms with van der Waals surface area (Å²) in [5.74, 6) is -0.324. The fraction of sp³-hybridized carbons (Fsp3) is 0.400. The Balaban J connectivity index is 1.76. The summed E-state index contributed by atoms with van der Waals surface area (Å²) in [4.78, 5) is 11.0. The van der Waals surface area contributed by atoms with E-state index in [9.17, 15) is 13.2 Å². The molecule has 0 bridgehead atoms. The topological polar surface area (TPSA) is 101 Å². The number of sulfonamides is 1. The number of carbonyl (C=O) groups excluding carboxylic acids is 1. The third-order valence-corrected chi connectivity index (χ3v) is 6.62. The van der Waals surface area contributed by atoms with Crippen LogP contribution in [0.5, 0.6) is 0 Å². The minimum Gasteiger partial charge on any atom is -0.301 e.